The van der Waals surface area contributed by atoms with Gasteiger partial charge in [-0.15, -0.1) is 11.3 Å². The quantitative estimate of drug-likeness (QED) is 0.606. The normalized spacial score (nSPS) is 17.1. The fourth-order valence-corrected chi connectivity index (χ4v) is 7.04. The number of hydrogen-bond acceptors (Lipinski definition) is 5. The number of hydrazine groups is 1. The first-order valence-electron chi connectivity index (χ1n) is 11.7. The summed E-state index contributed by atoms with van der Waals surface area (Å²) in [5.41, 5.74) is 7.16. The second-order valence-electron chi connectivity index (χ2n) is 8.73. The van der Waals surface area contributed by atoms with Gasteiger partial charge in [-0.1, -0.05) is 25.0 Å². The van der Waals surface area contributed by atoms with Crippen molar-refractivity contribution in [1.82, 2.24) is 15.2 Å². The predicted octanol–water partition coefficient (Wildman–Crippen LogP) is 3.59. The average molecular weight is 490 g/mol. The molecule has 7 nitrogen and oxygen atoms in total. The molecule has 1 saturated heterocycles. The fourth-order valence-electron chi connectivity index (χ4n) is 4.37. The van der Waals surface area contributed by atoms with Crippen molar-refractivity contribution in [2.75, 3.05) is 13.1 Å². The monoisotopic (exact) mass is 489 g/mol. The van der Waals surface area contributed by atoms with Crippen LogP contribution in [0.25, 0.3) is 0 Å². The number of amides is 2. The molecular formula is C24H31N3O4S2. The Balaban J connectivity index is 1.25. The van der Waals surface area contributed by atoms with Gasteiger partial charge < -0.3 is 0 Å². The molecule has 2 aliphatic rings. The van der Waals surface area contributed by atoms with Crippen molar-refractivity contribution in [2.45, 2.75) is 69.1 Å². The Bertz CT molecular complexity index is 1060. The van der Waals surface area contributed by atoms with E-state index >= 15 is 0 Å². The summed E-state index contributed by atoms with van der Waals surface area (Å²) >= 11 is 1.52. The van der Waals surface area contributed by atoms with Crippen LogP contribution in [0.5, 0.6) is 0 Å². The van der Waals surface area contributed by atoms with E-state index in [1.807, 2.05) is 6.07 Å². The molecule has 0 spiro atoms. The predicted molar refractivity (Wildman–Crippen MR) is 129 cm³/mol. The summed E-state index contributed by atoms with van der Waals surface area (Å²) in [6.07, 6.45) is 9.30. The molecule has 178 valence electrons. The Hall–Kier alpha value is -2.23. The molecule has 0 saturated carbocycles. The zero-order valence-electron chi connectivity index (χ0n) is 18.8. The first-order chi connectivity index (χ1) is 15.9. The molecule has 2 N–H and O–H groups in total. The van der Waals surface area contributed by atoms with Crippen LogP contribution in [0.2, 0.25) is 0 Å². The van der Waals surface area contributed by atoms with Gasteiger partial charge in [-0.2, -0.15) is 4.31 Å². The highest BCUT2D eigenvalue weighted by Crippen LogP contribution is 2.28. The molecule has 1 aromatic heterocycles. The highest BCUT2D eigenvalue weighted by atomic mass is 32.2. The molecule has 4 rings (SSSR count). The number of benzene rings is 1. The highest BCUT2D eigenvalue weighted by molar-refractivity contribution is 7.89. The summed E-state index contributed by atoms with van der Waals surface area (Å²) in [6.45, 7) is 1.15. The van der Waals surface area contributed by atoms with Crippen LogP contribution in [-0.2, 0) is 34.1 Å². The summed E-state index contributed by atoms with van der Waals surface area (Å²) in [5.74, 6) is -0.566. The van der Waals surface area contributed by atoms with Crippen LogP contribution in [0, 0.1) is 0 Å². The fraction of sp³-hybridized carbons (Fsp3) is 0.500. The van der Waals surface area contributed by atoms with E-state index in [0.717, 1.165) is 44.1 Å². The topological polar surface area (TPSA) is 95.6 Å². The van der Waals surface area contributed by atoms with Crippen molar-refractivity contribution in [3.05, 3.63) is 51.2 Å². The van der Waals surface area contributed by atoms with E-state index in [4.69, 9.17) is 0 Å². The summed E-state index contributed by atoms with van der Waals surface area (Å²) in [5, 5.41) is 0. The maximum Gasteiger partial charge on any atom is 0.279 e. The van der Waals surface area contributed by atoms with Crippen molar-refractivity contribution in [2.24, 2.45) is 0 Å². The van der Waals surface area contributed by atoms with Gasteiger partial charge in [-0.3, -0.25) is 20.4 Å². The lowest BCUT2D eigenvalue weighted by Gasteiger charge is -2.15. The Morgan fingerprint density at radius 1 is 0.909 bits per heavy atom. The number of fused-ring (bicyclic) bond motifs is 1. The number of hydrogen-bond donors (Lipinski definition) is 2. The Labute approximate surface area is 199 Å². The number of thiophene rings is 1. The molecule has 9 heteroatoms. The molecule has 0 radical (unpaired) electrons. The third-order valence-electron chi connectivity index (χ3n) is 6.30. The molecular weight excluding hydrogens is 458 g/mol. The van der Waals surface area contributed by atoms with Gasteiger partial charge in [0.2, 0.25) is 15.9 Å². The largest absolute Gasteiger partial charge is 0.279 e. The molecule has 1 aliphatic carbocycles. The van der Waals surface area contributed by atoms with Crippen molar-refractivity contribution < 1.29 is 18.0 Å². The SMILES string of the molecule is O=C(CCc1ccc(S(=O)(=O)N2CCCC2)cc1)NNC(=O)c1cc2c(s1)CCCCCC2. The van der Waals surface area contributed by atoms with Gasteiger partial charge in [0.1, 0.15) is 0 Å². The second-order valence-corrected chi connectivity index (χ2v) is 11.8. The standard InChI is InChI=1S/C24H31N3O4S2/c28-23(25-26-24(29)22-17-19-7-3-1-2-4-8-21(19)32-22)14-11-18-9-12-20(13-10-18)33(30,31)27-15-5-6-16-27/h9-10,12-13,17H,1-8,11,14-16H2,(H,25,28)(H,26,29). The van der Waals surface area contributed by atoms with Crippen molar-refractivity contribution in [3.63, 3.8) is 0 Å². The van der Waals surface area contributed by atoms with Crippen LogP contribution in [0.4, 0.5) is 0 Å². The van der Waals surface area contributed by atoms with Gasteiger partial charge in [0, 0.05) is 24.4 Å². The third-order valence-corrected chi connectivity index (χ3v) is 9.45. The lowest BCUT2D eigenvalue weighted by Crippen LogP contribution is -2.41. The second kappa shape index (κ2) is 10.8. The molecule has 2 heterocycles. The molecule has 0 bridgehead atoms. The lowest BCUT2D eigenvalue weighted by molar-refractivity contribution is -0.121. The average Bonchev–Trinajstić information content (AvgIpc) is 3.47. The van der Waals surface area contributed by atoms with Gasteiger partial charge in [0.25, 0.3) is 5.91 Å². The first kappa shape index (κ1) is 23.9. The van der Waals surface area contributed by atoms with Crippen molar-refractivity contribution >= 4 is 33.2 Å². The molecule has 2 aromatic rings. The van der Waals surface area contributed by atoms with Crippen LogP contribution >= 0.6 is 11.3 Å². The smallest absolute Gasteiger partial charge is 0.273 e. The number of carbonyl (C=O) groups is 2. The van der Waals surface area contributed by atoms with E-state index in [-0.39, 0.29) is 23.1 Å². The van der Waals surface area contributed by atoms with Gasteiger partial charge in [0.05, 0.1) is 9.77 Å². The van der Waals surface area contributed by atoms with Gasteiger partial charge in [-0.25, -0.2) is 8.42 Å². The third kappa shape index (κ3) is 6.02. The Morgan fingerprint density at radius 2 is 1.61 bits per heavy atom. The van der Waals surface area contributed by atoms with E-state index in [1.54, 1.807) is 24.3 Å². The summed E-state index contributed by atoms with van der Waals surface area (Å²) in [6, 6.07) is 8.66. The summed E-state index contributed by atoms with van der Waals surface area (Å²) in [4.78, 5) is 26.9. The molecule has 2 amide bonds. The molecule has 1 aliphatic heterocycles. The van der Waals surface area contributed by atoms with Crippen LogP contribution in [-0.4, -0.2) is 37.6 Å². The number of nitrogens with one attached hydrogen (secondary N) is 2. The van der Waals surface area contributed by atoms with Crippen LogP contribution < -0.4 is 10.9 Å². The molecule has 33 heavy (non-hydrogen) atoms. The van der Waals surface area contributed by atoms with Crippen LogP contribution in [0.3, 0.4) is 0 Å². The summed E-state index contributed by atoms with van der Waals surface area (Å²) < 4.78 is 26.7. The number of nitrogens with zero attached hydrogens (tertiary/aromatic N) is 1. The van der Waals surface area contributed by atoms with Gasteiger partial charge in [-0.05, 0) is 74.3 Å². The van der Waals surface area contributed by atoms with Crippen LogP contribution in [0.15, 0.2) is 35.2 Å². The minimum absolute atomic E-state index is 0.194. The zero-order chi connectivity index (χ0) is 23.3. The lowest BCUT2D eigenvalue weighted by atomic mass is 10.00. The molecule has 0 unspecified atom stereocenters. The maximum atomic E-state index is 12.6. The van der Waals surface area contributed by atoms with Crippen molar-refractivity contribution in [3.8, 4) is 0 Å². The first-order valence-corrected chi connectivity index (χ1v) is 14.0. The number of rotatable bonds is 6. The summed E-state index contributed by atoms with van der Waals surface area (Å²) in [7, 11) is -3.43. The van der Waals surface area contributed by atoms with Gasteiger partial charge in [0.15, 0.2) is 0 Å². The van der Waals surface area contributed by atoms with Gasteiger partial charge >= 0.3 is 0 Å². The maximum absolute atomic E-state index is 12.6. The Kier molecular flexibility index (Phi) is 7.82. The van der Waals surface area contributed by atoms with E-state index in [9.17, 15) is 18.0 Å². The van der Waals surface area contributed by atoms with E-state index < -0.39 is 10.0 Å². The Morgan fingerprint density at radius 3 is 2.33 bits per heavy atom. The zero-order valence-corrected chi connectivity index (χ0v) is 20.4. The number of carbonyl (C=O) groups excluding carboxylic acids is 2. The van der Waals surface area contributed by atoms with E-state index in [0.29, 0.717) is 24.4 Å². The number of aryl methyl sites for hydroxylation is 3. The molecule has 1 aromatic carbocycles. The van der Waals surface area contributed by atoms with Crippen molar-refractivity contribution in [1.29, 1.82) is 0 Å². The van der Waals surface area contributed by atoms with E-state index in [1.165, 1.54) is 38.9 Å². The minimum atomic E-state index is -3.43. The van der Waals surface area contributed by atoms with Crippen LogP contribution in [0.1, 0.15) is 70.6 Å². The van der Waals surface area contributed by atoms with E-state index in [2.05, 4.69) is 10.9 Å². The molecule has 1 fully saturated rings. The highest BCUT2D eigenvalue weighted by Gasteiger charge is 2.26. The molecule has 0 atom stereocenters. The number of sulfonamides is 1. The minimum Gasteiger partial charge on any atom is -0.273 e.